The predicted molar refractivity (Wildman–Crippen MR) is 66.1 cm³/mol. The number of halogens is 1. The van der Waals surface area contributed by atoms with Crippen molar-refractivity contribution in [3.05, 3.63) is 30.1 Å². The molecule has 2 nitrogen and oxygen atoms in total. The molecule has 0 aliphatic heterocycles. The molecule has 90 valence electrons. The normalized spacial score (nSPS) is 28.4. The molecule has 1 saturated carbocycles. The Kier molecular flexibility index (Phi) is 3.35. The molecule has 1 aromatic carbocycles. The number of hydrogen-bond acceptors (Lipinski definition) is 2. The number of nitrogens with one attached hydrogen (secondary N) is 1. The van der Waals surface area contributed by atoms with Gasteiger partial charge in [0.2, 0.25) is 0 Å². The van der Waals surface area contributed by atoms with Crippen LogP contribution in [-0.4, -0.2) is 16.7 Å². The Balaban J connectivity index is 2.11. The Bertz CT molecular complexity index is 423. The van der Waals surface area contributed by atoms with E-state index in [1.54, 1.807) is 12.1 Å². The van der Waals surface area contributed by atoms with E-state index in [1.807, 2.05) is 0 Å². The van der Waals surface area contributed by atoms with Crippen LogP contribution < -0.4 is 5.32 Å². The van der Waals surface area contributed by atoms with Crippen molar-refractivity contribution >= 4 is 5.69 Å². The van der Waals surface area contributed by atoms with Gasteiger partial charge in [-0.05, 0) is 43.5 Å². The molecule has 0 spiro atoms. The topological polar surface area (TPSA) is 32.3 Å². The van der Waals surface area contributed by atoms with Crippen LogP contribution in [0.1, 0.15) is 25.7 Å². The second kappa shape index (κ2) is 4.77. The van der Waals surface area contributed by atoms with Gasteiger partial charge in [-0.1, -0.05) is 12.3 Å². The number of benzene rings is 1. The van der Waals surface area contributed by atoms with Crippen LogP contribution in [0.15, 0.2) is 24.3 Å². The van der Waals surface area contributed by atoms with Gasteiger partial charge in [-0.15, -0.1) is 6.42 Å². The summed E-state index contributed by atoms with van der Waals surface area (Å²) in [6, 6.07) is 5.92. The number of hydrogen-bond donors (Lipinski definition) is 2. The van der Waals surface area contributed by atoms with E-state index in [9.17, 15) is 9.50 Å². The molecular formula is C14H16FNO. The molecule has 0 aromatic heterocycles. The van der Waals surface area contributed by atoms with Gasteiger partial charge >= 0.3 is 0 Å². The Hall–Kier alpha value is -1.53. The van der Waals surface area contributed by atoms with E-state index >= 15 is 0 Å². The molecule has 0 radical (unpaired) electrons. The quantitative estimate of drug-likeness (QED) is 0.769. The second-order valence-electron chi connectivity index (χ2n) is 4.52. The monoisotopic (exact) mass is 233 g/mol. The minimum absolute atomic E-state index is 0.160. The molecule has 0 unspecified atom stereocenters. The lowest BCUT2D eigenvalue weighted by molar-refractivity contribution is 0.0484. The first-order valence-corrected chi connectivity index (χ1v) is 5.86. The molecule has 2 rings (SSSR count). The minimum Gasteiger partial charge on any atom is -0.378 e. The van der Waals surface area contributed by atoms with Crippen LogP contribution in [0.2, 0.25) is 0 Å². The van der Waals surface area contributed by atoms with Gasteiger partial charge in [-0.2, -0.15) is 0 Å². The van der Waals surface area contributed by atoms with E-state index in [0.29, 0.717) is 6.42 Å². The van der Waals surface area contributed by atoms with Gasteiger partial charge in [0, 0.05) is 5.69 Å². The van der Waals surface area contributed by atoms with E-state index in [0.717, 1.165) is 24.9 Å². The van der Waals surface area contributed by atoms with Crippen molar-refractivity contribution in [2.75, 3.05) is 5.32 Å². The average Bonchev–Trinajstić information content (AvgIpc) is 2.35. The summed E-state index contributed by atoms with van der Waals surface area (Å²) in [4.78, 5) is 0. The highest BCUT2D eigenvalue weighted by atomic mass is 19.1. The summed E-state index contributed by atoms with van der Waals surface area (Å²) < 4.78 is 12.8. The third-order valence-corrected chi connectivity index (χ3v) is 3.31. The maximum atomic E-state index is 12.8. The van der Waals surface area contributed by atoms with Crippen LogP contribution in [0.5, 0.6) is 0 Å². The van der Waals surface area contributed by atoms with Gasteiger partial charge in [0.15, 0.2) is 0 Å². The molecule has 1 aliphatic rings. The molecule has 17 heavy (non-hydrogen) atoms. The molecule has 1 fully saturated rings. The maximum absolute atomic E-state index is 12.8. The minimum atomic E-state index is -1.09. The highest BCUT2D eigenvalue weighted by Crippen LogP contribution is 2.30. The molecule has 0 saturated heterocycles. The zero-order chi connectivity index (χ0) is 12.3. The summed E-state index contributed by atoms with van der Waals surface area (Å²) in [7, 11) is 0. The number of aliphatic hydroxyl groups is 1. The van der Waals surface area contributed by atoms with Crippen LogP contribution in [0.3, 0.4) is 0 Å². The van der Waals surface area contributed by atoms with Crippen molar-refractivity contribution in [2.24, 2.45) is 0 Å². The SMILES string of the molecule is C#C[C@]1(O)CCCC[C@@H]1Nc1ccc(F)cc1. The number of anilines is 1. The third kappa shape index (κ3) is 2.59. The van der Waals surface area contributed by atoms with Crippen LogP contribution in [0.25, 0.3) is 0 Å². The van der Waals surface area contributed by atoms with Crippen LogP contribution >= 0.6 is 0 Å². The van der Waals surface area contributed by atoms with Crippen molar-refractivity contribution in [3.63, 3.8) is 0 Å². The fourth-order valence-electron chi connectivity index (χ4n) is 2.27. The molecule has 2 N–H and O–H groups in total. The van der Waals surface area contributed by atoms with Crippen LogP contribution in [0, 0.1) is 18.2 Å². The van der Waals surface area contributed by atoms with Gasteiger partial charge in [0.1, 0.15) is 11.4 Å². The molecule has 3 heteroatoms. The summed E-state index contributed by atoms with van der Waals surface area (Å²) in [6.07, 6.45) is 8.84. The lowest BCUT2D eigenvalue weighted by atomic mass is 9.81. The van der Waals surface area contributed by atoms with E-state index in [2.05, 4.69) is 11.2 Å². The molecule has 0 heterocycles. The Morgan fingerprint density at radius 3 is 2.71 bits per heavy atom. The summed E-state index contributed by atoms with van der Waals surface area (Å²) in [5.41, 5.74) is -0.306. The van der Waals surface area contributed by atoms with Gasteiger partial charge in [-0.3, -0.25) is 0 Å². The standard InChI is InChI=1S/C14H16FNO/c1-2-14(17)10-4-3-5-13(14)16-12-8-6-11(15)7-9-12/h1,6-9,13,16-17H,3-5,10H2/t13-,14-/m0/s1. The molecule has 2 atom stereocenters. The van der Waals surface area contributed by atoms with Crippen molar-refractivity contribution in [1.82, 2.24) is 0 Å². The van der Waals surface area contributed by atoms with E-state index in [-0.39, 0.29) is 11.9 Å². The van der Waals surface area contributed by atoms with Gasteiger partial charge in [-0.25, -0.2) is 4.39 Å². The molecule has 1 aromatic rings. The molecular weight excluding hydrogens is 217 g/mol. The number of terminal acetylenes is 1. The Labute approximate surface area is 101 Å². The van der Waals surface area contributed by atoms with Crippen LogP contribution in [-0.2, 0) is 0 Å². The third-order valence-electron chi connectivity index (χ3n) is 3.31. The first-order chi connectivity index (χ1) is 8.14. The Morgan fingerprint density at radius 1 is 1.35 bits per heavy atom. The van der Waals surface area contributed by atoms with Crippen molar-refractivity contribution in [3.8, 4) is 12.3 Å². The summed E-state index contributed by atoms with van der Waals surface area (Å²) in [5.74, 6) is 2.21. The lowest BCUT2D eigenvalue weighted by Gasteiger charge is -2.37. The largest absolute Gasteiger partial charge is 0.378 e. The summed E-state index contributed by atoms with van der Waals surface area (Å²) >= 11 is 0. The van der Waals surface area contributed by atoms with Gasteiger partial charge in [0.25, 0.3) is 0 Å². The average molecular weight is 233 g/mol. The van der Waals surface area contributed by atoms with Crippen molar-refractivity contribution in [1.29, 1.82) is 0 Å². The van der Waals surface area contributed by atoms with E-state index < -0.39 is 5.60 Å². The van der Waals surface area contributed by atoms with E-state index in [1.165, 1.54) is 12.1 Å². The second-order valence-corrected chi connectivity index (χ2v) is 4.52. The highest BCUT2D eigenvalue weighted by molar-refractivity contribution is 5.45. The predicted octanol–water partition coefficient (Wildman–Crippen LogP) is 2.54. The van der Waals surface area contributed by atoms with Crippen molar-refractivity contribution in [2.45, 2.75) is 37.3 Å². The highest BCUT2D eigenvalue weighted by Gasteiger charge is 2.37. The van der Waals surface area contributed by atoms with Crippen molar-refractivity contribution < 1.29 is 9.50 Å². The lowest BCUT2D eigenvalue weighted by Crippen LogP contribution is -2.48. The fourth-order valence-corrected chi connectivity index (χ4v) is 2.27. The number of rotatable bonds is 2. The summed E-state index contributed by atoms with van der Waals surface area (Å²) in [5, 5.41) is 13.5. The smallest absolute Gasteiger partial charge is 0.145 e. The zero-order valence-electron chi connectivity index (χ0n) is 9.62. The van der Waals surface area contributed by atoms with E-state index in [4.69, 9.17) is 6.42 Å². The fraction of sp³-hybridized carbons (Fsp3) is 0.429. The first-order valence-electron chi connectivity index (χ1n) is 5.86. The zero-order valence-corrected chi connectivity index (χ0v) is 9.62. The maximum Gasteiger partial charge on any atom is 0.145 e. The van der Waals surface area contributed by atoms with Gasteiger partial charge in [0.05, 0.1) is 6.04 Å². The molecule has 0 bridgehead atoms. The van der Waals surface area contributed by atoms with Crippen LogP contribution in [0.4, 0.5) is 10.1 Å². The van der Waals surface area contributed by atoms with Gasteiger partial charge < -0.3 is 10.4 Å². The molecule has 1 aliphatic carbocycles. The summed E-state index contributed by atoms with van der Waals surface area (Å²) in [6.45, 7) is 0. The molecule has 0 amide bonds. The Morgan fingerprint density at radius 2 is 2.06 bits per heavy atom. The first kappa shape index (κ1) is 11.9.